The lowest BCUT2D eigenvalue weighted by Gasteiger charge is -2.43. The molecule has 1 aliphatic rings. The van der Waals surface area contributed by atoms with E-state index in [1.165, 1.54) is 4.90 Å². The van der Waals surface area contributed by atoms with Crippen LogP contribution in [0.15, 0.2) is 0 Å². The molecule has 0 spiro atoms. The third-order valence-corrected chi connectivity index (χ3v) is 11.2. The van der Waals surface area contributed by atoms with Gasteiger partial charge in [-0.1, -0.05) is 39.3 Å². The average molecular weight is 301 g/mol. The van der Waals surface area contributed by atoms with Gasteiger partial charge in [0, 0.05) is 19.4 Å². The standard InChI is InChI=1S/C13H28N2O2Si2/c1-18(2,3)15(19(4,5)6)11-7-10-14-12(16)8-9-13(14)17/h7-11H2,1-6H3. The summed E-state index contributed by atoms with van der Waals surface area (Å²) in [5.74, 6) is 0.0233. The Hall–Kier alpha value is -0.466. The Morgan fingerprint density at radius 2 is 1.37 bits per heavy atom. The van der Waals surface area contributed by atoms with Crippen molar-refractivity contribution in [2.24, 2.45) is 0 Å². The smallest absolute Gasteiger partial charge is 0.229 e. The molecule has 0 saturated carbocycles. The predicted molar refractivity (Wildman–Crippen MR) is 84.0 cm³/mol. The van der Waals surface area contributed by atoms with Crippen LogP contribution in [0.3, 0.4) is 0 Å². The fraction of sp³-hybridized carbons (Fsp3) is 0.846. The summed E-state index contributed by atoms with van der Waals surface area (Å²) in [5.41, 5.74) is 0. The highest BCUT2D eigenvalue weighted by molar-refractivity contribution is 6.89. The van der Waals surface area contributed by atoms with Crippen molar-refractivity contribution in [1.29, 1.82) is 0 Å². The Morgan fingerprint density at radius 3 is 1.74 bits per heavy atom. The number of likely N-dealkylation sites (tertiary alicyclic amines) is 1. The Kier molecular flexibility index (Phi) is 5.14. The summed E-state index contributed by atoms with van der Waals surface area (Å²) in [6.07, 6.45) is 1.72. The number of imide groups is 1. The maximum absolute atomic E-state index is 11.6. The highest BCUT2D eigenvalue weighted by Crippen LogP contribution is 2.20. The Labute approximate surface area is 119 Å². The lowest BCUT2D eigenvalue weighted by atomic mass is 10.4. The number of hydrogen-bond acceptors (Lipinski definition) is 3. The fourth-order valence-electron chi connectivity index (χ4n) is 2.94. The van der Waals surface area contributed by atoms with Gasteiger partial charge in [0.25, 0.3) is 0 Å². The zero-order valence-corrected chi connectivity index (χ0v) is 15.2. The second-order valence-corrected chi connectivity index (χ2v) is 17.5. The highest BCUT2D eigenvalue weighted by atomic mass is 28.4. The molecule has 0 bridgehead atoms. The molecule has 0 unspecified atom stereocenters. The van der Waals surface area contributed by atoms with Gasteiger partial charge in [-0.25, -0.2) is 0 Å². The van der Waals surface area contributed by atoms with Crippen LogP contribution in [0.5, 0.6) is 0 Å². The number of carbonyl (C=O) groups is 2. The van der Waals surface area contributed by atoms with Crippen molar-refractivity contribution >= 4 is 28.3 Å². The maximum Gasteiger partial charge on any atom is 0.229 e. The summed E-state index contributed by atoms with van der Waals surface area (Å²) in [4.78, 5) is 24.6. The number of nitrogens with zero attached hydrogens (tertiary/aromatic N) is 2. The van der Waals surface area contributed by atoms with Crippen molar-refractivity contribution in [2.75, 3.05) is 13.1 Å². The van der Waals surface area contributed by atoms with Gasteiger partial charge < -0.3 is 4.23 Å². The summed E-state index contributed by atoms with van der Waals surface area (Å²) in [6.45, 7) is 15.9. The zero-order chi connectivity index (χ0) is 14.8. The molecular weight excluding hydrogens is 272 g/mol. The van der Waals surface area contributed by atoms with Gasteiger partial charge in [-0.3, -0.25) is 14.5 Å². The van der Waals surface area contributed by atoms with Crippen molar-refractivity contribution in [1.82, 2.24) is 9.13 Å². The summed E-state index contributed by atoms with van der Waals surface area (Å²) in [5, 5.41) is 0. The molecule has 1 aliphatic heterocycles. The van der Waals surface area contributed by atoms with E-state index in [1.54, 1.807) is 0 Å². The minimum atomic E-state index is -1.33. The van der Waals surface area contributed by atoms with Crippen molar-refractivity contribution in [3.8, 4) is 0 Å². The molecule has 1 fully saturated rings. The molecular formula is C13H28N2O2Si2. The molecule has 19 heavy (non-hydrogen) atoms. The monoisotopic (exact) mass is 300 g/mol. The minimum Gasteiger partial charge on any atom is -0.346 e. The van der Waals surface area contributed by atoms with E-state index in [4.69, 9.17) is 0 Å². The second kappa shape index (κ2) is 5.89. The predicted octanol–water partition coefficient (Wildman–Crippen LogP) is 2.50. The van der Waals surface area contributed by atoms with Crippen LogP contribution in [-0.2, 0) is 9.59 Å². The van der Waals surface area contributed by atoms with Crippen LogP contribution in [0.25, 0.3) is 0 Å². The first-order chi connectivity index (χ1) is 8.53. The first kappa shape index (κ1) is 16.6. The number of rotatable bonds is 6. The van der Waals surface area contributed by atoms with Crippen molar-refractivity contribution in [2.45, 2.75) is 58.5 Å². The van der Waals surface area contributed by atoms with Gasteiger partial charge in [0.05, 0.1) is 0 Å². The third-order valence-electron chi connectivity index (χ3n) is 3.54. The summed E-state index contributed by atoms with van der Waals surface area (Å²) < 4.78 is 2.70. The normalized spacial score (nSPS) is 17.7. The molecule has 1 heterocycles. The van der Waals surface area contributed by atoms with Gasteiger partial charge in [0.15, 0.2) is 0 Å². The number of amides is 2. The van der Waals surface area contributed by atoms with Crippen LogP contribution < -0.4 is 0 Å². The average Bonchev–Trinajstić information content (AvgIpc) is 2.51. The first-order valence-corrected chi connectivity index (χ1v) is 14.0. The Morgan fingerprint density at radius 1 is 0.947 bits per heavy atom. The van der Waals surface area contributed by atoms with E-state index in [0.29, 0.717) is 19.4 Å². The lowest BCUT2D eigenvalue weighted by Crippen LogP contribution is -2.59. The van der Waals surface area contributed by atoms with Crippen molar-refractivity contribution in [3.63, 3.8) is 0 Å². The molecule has 0 N–H and O–H groups in total. The minimum absolute atomic E-state index is 0.0116. The van der Waals surface area contributed by atoms with E-state index in [2.05, 4.69) is 43.5 Å². The molecule has 0 aromatic heterocycles. The Bertz CT molecular complexity index is 329. The quantitative estimate of drug-likeness (QED) is 0.559. The zero-order valence-electron chi connectivity index (χ0n) is 13.2. The first-order valence-electron chi connectivity index (χ1n) is 7.14. The highest BCUT2D eigenvalue weighted by Gasteiger charge is 2.34. The summed E-state index contributed by atoms with van der Waals surface area (Å²) in [7, 11) is -2.65. The van der Waals surface area contributed by atoms with Crippen LogP contribution in [-0.4, -0.2) is 50.5 Å². The van der Waals surface area contributed by atoms with E-state index in [0.717, 1.165) is 13.0 Å². The van der Waals surface area contributed by atoms with Gasteiger partial charge in [0.2, 0.25) is 11.8 Å². The lowest BCUT2D eigenvalue weighted by molar-refractivity contribution is -0.138. The molecule has 110 valence electrons. The van der Waals surface area contributed by atoms with Crippen molar-refractivity contribution < 1.29 is 9.59 Å². The van der Waals surface area contributed by atoms with E-state index in [-0.39, 0.29) is 11.8 Å². The van der Waals surface area contributed by atoms with E-state index >= 15 is 0 Å². The van der Waals surface area contributed by atoms with Crippen LogP contribution in [0.2, 0.25) is 39.3 Å². The molecule has 4 nitrogen and oxygen atoms in total. The van der Waals surface area contributed by atoms with Gasteiger partial charge >= 0.3 is 0 Å². The Balaban J connectivity index is 2.54. The third kappa shape index (κ3) is 4.54. The maximum atomic E-state index is 11.6. The second-order valence-electron chi connectivity index (χ2n) is 7.29. The van der Waals surface area contributed by atoms with Gasteiger partial charge in [-0.2, -0.15) is 0 Å². The summed E-state index contributed by atoms with van der Waals surface area (Å²) >= 11 is 0. The van der Waals surface area contributed by atoms with E-state index in [9.17, 15) is 9.59 Å². The fourth-order valence-corrected chi connectivity index (χ4v) is 12.6. The molecule has 0 radical (unpaired) electrons. The number of hydrogen-bond donors (Lipinski definition) is 0. The van der Waals surface area contributed by atoms with Gasteiger partial charge in [-0.05, 0) is 13.0 Å². The van der Waals surface area contributed by atoms with Crippen LogP contribution in [0.4, 0.5) is 0 Å². The largest absolute Gasteiger partial charge is 0.346 e. The topological polar surface area (TPSA) is 40.6 Å². The van der Waals surface area contributed by atoms with Crippen molar-refractivity contribution in [3.05, 3.63) is 0 Å². The van der Waals surface area contributed by atoms with Crippen LogP contribution in [0, 0.1) is 0 Å². The molecule has 1 rings (SSSR count). The van der Waals surface area contributed by atoms with Crippen LogP contribution >= 0.6 is 0 Å². The summed E-state index contributed by atoms with van der Waals surface area (Å²) in [6, 6.07) is 0. The van der Waals surface area contributed by atoms with Crippen LogP contribution in [0.1, 0.15) is 19.3 Å². The molecule has 1 saturated heterocycles. The molecule has 0 atom stereocenters. The van der Waals surface area contributed by atoms with E-state index in [1.807, 2.05) is 0 Å². The number of carbonyl (C=O) groups excluding carboxylic acids is 2. The SMILES string of the molecule is C[Si](C)(C)N(CCCN1C(=O)CCC1=O)[Si](C)(C)C. The van der Waals surface area contributed by atoms with Gasteiger partial charge in [-0.15, -0.1) is 0 Å². The molecule has 6 heteroatoms. The molecule has 2 amide bonds. The molecule has 0 aromatic carbocycles. The van der Waals surface area contributed by atoms with E-state index < -0.39 is 16.5 Å². The van der Waals surface area contributed by atoms with Gasteiger partial charge in [0.1, 0.15) is 16.5 Å². The molecule has 0 aliphatic carbocycles. The molecule has 0 aromatic rings.